The number of fused-ring (bicyclic) bond motifs is 1. The summed E-state index contributed by atoms with van der Waals surface area (Å²) in [6.07, 6.45) is 3.05. The van der Waals surface area contributed by atoms with Gasteiger partial charge in [0.25, 0.3) is 5.70 Å². The lowest BCUT2D eigenvalue weighted by Crippen LogP contribution is -2.28. The van der Waals surface area contributed by atoms with Crippen molar-refractivity contribution in [3.8, 4) is 0 Å². The average Bonchev–Trinajstić information content (AvgIpc) is 2.27. The molecule has 0 bridgehead atoms. The molecule has 1 N–H and O–H groups in total. The van der Waals surface area contributed by atoms with E-state index in [9.17, 15) is 15.2 Å². The molecule has 0 spiro atoms. The van der Waals surface area contributed by atoms with Crippen LogP contribution in [0.3, 0.4) is 0 Å². The van der Waals surface area contributed by atoms with Crippen LogP contribution < -0.4 is 0 Å². The second kappa shape index (κ2) is 4.23. The molecule has 2 aliphatic rings. The molecular weight excluding hydrogens is 224 g/mol. The van der Waals surface area contributed by atoms with Gasteiger partial charge in [-0.05, 0) is 30.7 Å². The van der Waals surface area contributed by atoms with Crippen LogP contribution >= 0.6 is 0 Å². The van der Waals surface area contributed by atoms with Gasteiger partial charge >= 0.3 is 0 Å². The Labute approximate surface area is 97.8 Å². The molecule has 90 valence electrons. The molecule has 2 rings (SSSR count). The summed E-state index contributed by atoms with van der Waals surface area (Å²) in [5, 5.41) is 20.5. The zero-order chi connectivity index (χ0) is 12.6. The van der Waals surface area contributed by atoms with E-state index in [1.54, 1.807) is 19.1 Å². The summed E-state index contributed by atoms with van der Waals surface area (Å²) in [6.45, 7) is 1.71. The van der Waals surface area contributed by atoms with Crippen LogP contribution in [0.4, 0.5) is 0 Å². The maximum absolute atomic E-state index is 11.1. The molecule has 1 aliphatic carbocycles. The average molecular weight is 236 g/mol. The van der Waals surface area contributed by atoms with Crippen LogP contribution in [0.1, 0.15) is 6.92 Å². The minimum absolute atomic E-state index is 0.0330. The highest BCUT2D eigenvalue weighted by Crippen LogP contribution is 2.29. The summed E-state index contributed by atoms with van der Waals surface area (Å²) < 4.78 is 5.06. The van der Waals surface area contributed by atoms with Crippen LogP contribution in [-0.2, 0) is 4.74 Å². The van der Waals surface area contributed by atoms with Crippen molar-refractivity contribution in [3.05, 3.63) is 45.2 Å². The molecule has 17 heavy (non-hydrogen) atoms. The predicted molar refractivity (Wildman–Crippen MR) is 61.2 cm³/mol. The number of allylic oxidation sites excluding steroid dienone is 3. The lowest BCUT2D eigenvalue weighted by Gasteiger charge is -2.22. The molecule has 0 amide bonds. The molecule has 2 atom stereocenters. The van der Waals surface area contributed by atoms with Crippen molar-refractivity contribution in [1.29, 1.82) is 0 Å². The first-order chi connectivity index (χ1) is 8.04. The summed E-state index contributed by atoms with van der Waals surface area (Å²) in [7, 11) is 1.41. The molecule has 1 aliphatic heterocycles. The summed E-state index contributed by atoms with van der Waals surface area (Å²) in [6, 6.07) is 0. The molecule has 0 aromatic carbocycles. The van der Waals surface area contributed by atoms with Gasteiger partial charge in [-0.2, -0.15) is 0 Å². The molecule has 0 saturated carbocycles. The van der Waals surface area contributed by atoms with Crippen molar-refractivity contribution in [2.75, 3.05) is 7.11 Å². The number of nitrogens with zero attached hydrogens (tertiary/aromatic N) is 2. The third-order valence-electron chi connectivity index (χ3n) is 2.73. The van der Waals surface area contributed by atoms with Crippen molar-refractivity contribution < 1.29 is 14.8 Å². The summed E-state index contributed by atoms with van der Waals surface area (Å²) in [5.74, 6) is 0. The molecule has 2 unspecified atom stereocenters. The van der Waals surface area contributed by atoms with Crippen LogP contribution in [-0.4, -0.2) is 35.2 Å². The van der Waals surface area contributed by atoms with Crippen molar-refractivity contribution in [2.45, 2.75) is 19.3 Å². The second-order valence-electron chi connectivity index (χ2n) is 3.81. The molecule has 6 nitrogen and oxygen atoms in total. The van der Waals surface area contributed by atoms with E-state index in [1.807, 2.05) is 0 Å². The van der Waals surface area contributed by atoms with Gasteiger partial charge in [0, 0.05) is 7.11 Å². The fourth-order valence-corrected chi connectivity index (χ4v) is 2.01. The molecular formula is C11H12N2O4. The van der Waals surface area contributed by atoms with Crippen molar-refractivity contribution in [1.82, 2.24) is 0 Å². The van der Waals surface area contributed by atoms with Gasteiger partial charge in [-0.1, -0.05) is 0 Å². The summed E-state index contributed by atoms with van der Waals surface area (Å²) in [4.78, 5) is 14.6. The number of hydrogen-bond acceptors (Lipinski definition) is 5. The van der Waals surface area contributed by atoms with E-state index in [4.69, 9.17) is 4.74 Å². The standard InChI is InChI=1S/C11H12N2O4/c1-6-5-9(14)12-7-3-4-8(17-2)11(10(6)7)13(15)16/h3-5,8-9,14H,1-2H3. The number of aliphatic hydroxyl groups is 1. The highest BCUT2D eigenvalue weighted by molar-refractivity contribution is 6.13. The number of methoxy groups -OCH3 is 1. The highest BCUT2D eigenvalue weighted by atomic mass is 16.6. The fourth-order valence-electron chi connectivity index (χ4n) is 2.01. The maximum atomic E-state index is 11.1. The Hall–Kier alpha value is -1.79. The van der Waals surface area contributed by atoms with Crippen LogP contribution in [0.2, 0.25) is 0 Å². The van der Waals surface area contributed by atoms with Gasteiger partial charge in [0.1, 0.15) is 0 Å². The second-order valence-corrected chi connectivity index (χ2v) is 3.81. The third kappa shape index (κ3) is 1.92. The topological polar surface area (TPSA) is 85.0 Å². The lowest BCUT2D eigenvalue weighted by molar-refractivity contribution is -0.435. The van der Waals surface area contributed by atoms with E-state index in [-0.39, 0.29) is 5.70 Å². The van der Waals surface area contributed by atoms with Gasteiger partial charge in [-0.15, -0.1) is 0 Å². The molecule has 0 aromatic heterocycles. The molecule has 0 aromatic rings. The Morgan fingerprint density at radius 1 is 1.59 bits per heavy atom. The van der Waals surface area contributed by atoms with Crippen molar-refractivity contribution >= 4 is 5.71 Å². The molecule has 6 heteroatoms. The van der Waals surface area contributed by atoms with Gasteiger partial charge in [0.05, 0.1) is 16.2 Å². The van der Waals surface area contributed by atoms with E-state index < -0.39 is 17.3 Å². The maximum Gasteiger partial charge on any atom is 0.288 e. The normalized spacial score (nSPS) is 27.5. The van der Waals surface area contributed by atoms with E-state index in [0.29, 0.717) is 16.9 Å². The Kier molecular flexibility index (Phi) is 2.91. The van der Waals surface area contributed by atoms with Gasteiger partial charge in [-0.3, -0.25) is 10.1 Å². The Morgan fingerprint density at radius 3 is 2.88 bits per heavy atom. The zero-order valence-electron chi connectivity index (χ0n) is 9.45. The van der Waals surface area contributed by atoms with E-state index >= 15 is 0 Å². The number of hydrogen-bond donors (Lipinski definition) is 1. The number of rotatable bonds is 2. The van der Waals surface area contributed by atoms with Crippen LogP contribution in [0, 0.1) is 10.1 Å². The summed E-state index contributed by atoms with van der Waals surface area (Å²) >= 11 is 0. The Morgan fingerprint density at radius 2 is 2.29 bits per heavy atom. The fraction of sp³-hybridized carbons (Fsp3) is 0.364. The van der Waals surface area contributed by atoms with Crippen LogP contribution in [0.25, 0.3) is 0 Å². The quantitative estimate of drug-likeness (QED) is 0.568. The van der Waals surface area contributed by atoms with Crippen LogP contribution in [0.15, 0.2) is 40.1 Å². The smallest absolute Gasteiger partial charge is 0.288 e. The zero-order valence-corrected chi connectivity index (χ0v) is 9.45. The lowest BCUT2D eigenvalue weighted by atomic mass is 9.90. The monoisotopic (exact) mass is 236 g/mol. The van der Waals surface area contributed by atoms with Gasteiger partial charge in [-0.25, -0.2) is 4.99 Å². The SMILES string of the molecule is COC1C=CC2=NC(O)C=C(C)C2=C1[N+](=O)[O-]. The largest absolute Gasteiger partial charge is 0.368 e. The number of aliphatic imine (C=N–C) groups is 1. The van der Waals surface area contributed by atoms with Crippen LogP contribution in [0.5, 0.6) is 0 Å². The first-order valence-electron chi connectivity index (χ1n) is 5.09. The Bertz CT molecular complexity index is 488. The van der Waals surface area contributed by atoms with Gasteiger partial charge in [0.15, 0.2) is 12.3 Å². The Balaban J connectivity index is 2.60. The first kappa shape index (κ1) is 11.7. The first-order valence-corrected chi connectivity index (χ1v) is 5.09. The molecule has 0 fully saturated rings. The predicted octanol–water partition coefficient (Wildman–Crippen LogP) is 0.821. The minimum atomic E-state index is -0.939. The van der Waals surface area contributed by atoms with E-state index in [1.165, 1.54) is 13.2 Å². The van der Waals surface area contributed by atoms with Crippen molar-refractivity contribution in [2.24, 2.45) is 4.99 Å². The third-order valence-corrected chi connectivity index (χ3v) is 2.73. The number of nitro groups is 1. The van der Waals surface area contributed by atoms with E-state index in [0.717, 1.165) is 0 Å². The summed E-state index contributed by atoms with van der Waals surface area (Å²) in [5.41, 5.74) is 1.47. The minimum Gasteiger partial charge on any atom is -0.368 e. The number of dihydropyridines is 1. The molecule has 1 heterocycles. The number of ether oxygens (including phenoxy) is 1. The van der Waals surface area contributed by atoms with Gasteiger partial charge < -0.3 is 9.84 Å². The van der Waals surface area contributed by atoms with Crippen molar-refractivity contribution in [3.63, 3.8) is 0 Å². The highest BCUT2D eigenvalue weighted by Gasteiger charge is 2.35. The number of aliphatic hydroxyl groups excluding tert-OH is 1. The van der Waals surface area contributed by atoms with E-state index in [2.05, 4.69) is 4.99 Å². The molecule has 0 saturated heterocycles. The van der Waals surface area contributed by atoms with Gasteiger partial charge in [0.2, 0.25) is 0 Å². The molecule has 0 radical (unpaired) electrons.